The molecule has 0 aliphatic rings. The van der Waals surface area contributed by atoms with Gasteiger partial charge >= 0.3 is 0 Å². The maximum atomic E-state index is 5.82. The third-order valence-electron chi connectivity index (χ3n) is 1.68. The summed E-state index contributed by atoms with van der Waals surface area (Å²) in [6.07, 6.45) is 1.67. The van der Waals surface area contributed by atoms with Crippen LogP contribution in [0.4, 0.5) is 5.82 Å². The Morgan fingerprint density at radius 3 is 2.77 bits per heavy atom. The van der Waals surface area contributed by atoms with E-state index < -0.39 is 0 Å². The van der Waals surface area contributed by atoms with E-state index in [-0.39, 0.29) is 0 Å². The number of hydrogen-bond acceptors (Lipinski definition) is 3. The summed E-state index contributed by atoms with van der Waals surface area (Å²) < 4.78 is 0.762. The lowest BCUT2D eigenvalue weighted by atomic mass is 10.2. The molecule has 0 amide bonds. The minimum absolute atomic E-state index is 0.543. The van der Waals surface area contributed by atoms with E-state index in [9.17, 15) is 0 Å². The lowest BCUT2D eigenvalue weighted by molar-refractivity contribution is 1.34. The highest BCUT2D eigenvalue weighted by atomic mass is 35.5. The minimum atomic E-state index is 0.543. The molecule has 2 nitrogen and oxygen atoms in total. The Hall–Kier alpha value is -1.06. The highest BCUT2D eigenvalue weighted by Crippen LogP contribution is 2.32. The fourth-order valence-corrected chi connectivity index (χ4v) is 2.16. The molecule has 0 unspecified atom stereocenters. The monoisotopic (exact) mass is 210 g/mol. The Balaban J connectivity index is 2.52. The molecule has 2 aromatic rings. The maximum absolute atomic E-state index is 5.82. The van der Waals surface area contributed by atoms with Gasteiger partial charge in [0.15, 0.2) is 0 Å². The number of pyridine rings is 1. The number of rotatable bonds is 1. The molecule has 2 N–H and O–H groups in total. The fourth-order valence-electron chi connectivity index (χ4n) is 1.08. The van der Waals surface area contributed by atoms with Gasteiger partial charge in [-0.15, -0.1) is 11.3 Å². The molecule has 0 aliphatic carbocycles. The van der Waals surface area contributed by atoms with Gasteiger partial charge in [0.1, 0.15) is 5.82 Å². The Morgan fingerprint density at radius 2 is 2.15 bits per heavy atom. The van der Waals surface area contributed by atoms with E-state index in [2.05, 4.69) is 4.98 Å². The molecule has 0 saturated heterocycles. The van der Waals surface area contributed by atoms with Crippen LogP contribution in [-0.2, 0) is 0 Å². The molecule has 2 rings (SSSR count). The van der Waals surface area contributed by atoms with E-state index in [4.69, 9.17) is 17.3 Å². The summed E-state index contributed by atoms with van der Waals surface area (Å²) in [4.78, 5) is 5.06. The quantitative estimate of drug-likeness (QED) is 0.786. The van der Waals surface area contributed by atoms with Crippen LogP contribution < -0.4 is 5.73 Å². The second-order valence-electron chi connectivity index (χ2n) is 2.54. The zero-order valence-corrected chi connectivity index (χ0v) is 8.27. The second-order valence-corrected chi connectivity index (χ2v) is 4.26. The number of thiophene rings is 1. The first-order valence-electron chi connectivity index (χ1n) is 3.73. The van der Waals surface area contributed by atoms with E-state index in [1.54, 1.807) is 6.20 Å². The maximum Gasteiger partial charge on any atom is 0.132 e. The summed E-state index contributed by atoms with van der Waals surface area (Å²) in [7, 11) is 0. The predicted octanol–water partition coefficient (Wildman–Crippen LogP) is 3.05. The van der Waals surface area contributed by atoms with E-state index in [0.717, 1.165) is 14.8 Å². The lowest BCUT2D eigenvalue weighted by Crippen LogP contribution is -1.91. The van der Waals surface area contributed by atoms with Crippen molar-refractivity contribution < 1.29 is 0 Å². The smallest absolute Gasteiger partial charge is 0.132 e. The molecule has 4 heteroatoms. The predicted molar refractivity (Wildman–Crippen MR) is 57.0 cm³/mol. The van der Waals surface area contributed by atoms with Crippen molar-refractivity contribution in [3.8, 4) is 10.4 Å². The number of nitrogen functional groups attached to an aromatic ring is 1. The van der Waals surface area contributed by atoms with Crippen LogP contribution in [0.1, 0.15) is 0 Å². The zero-order valence-electron chi connectivity index (χ0n) is 6.70. The van der Waals surface area contributed by atoms with Gasteiger partial charge in [-0.05, 0) is 24.3 Å². The minimum Gasteiger partial charge on any atom is -0.383 e. The van der Waals surface area contributed by atoms with Crippen molar-refractivity contribution in [1.29, 1.82) is 0 Å². The van der Waals surface area contributed by atoms with Gasteiger partial charge in [0, 0.05) is 16.6 Å². The normalized spacial score (nSPS) is 10.2. The van der Waals surface area contributed by atoms with Gasteiger partial charge in [0.25, 0.3) is 0 Å². The molecular formula is C9H7ClN2S. The molecule has 0 bridgehead atoms. The summed E-state index contributed by atoms with van der Waals surface area (Å²) in [6, 6.07) is 7.60. The standard InChI is InChI=1S/C9H7ClN2S/c10-8-4-3-7(13-8)6-2-1-5-12-9(6)11/h1-5H,(H2,11,12). The van der Waals surface area contributed by atoms with Crippen LogP contribution >= 0.6 is 22.9 Å². The van der Waals surface area contributed by atoms with Gasteiger partial charge in [-0.2, -0.15) is 0 Å². The van der Waals surface area contributed by atoms with Crippen molar-refractivity contribution in [3.63, 3.8) is 0 Å². The van der Waals surface area contributed by atoms with Crippen molar-refractivity contribution in [2.45, 2.75) is 0 Å². The molecule has 13 heavy (non-hydrogen) atoms. The van der Waals surface area contributed by atoms with Crippen LogP contribution in [0.3, 0.4) is 0 Å². The second kappa shape index (κ2) is 3.36. The molecule has 0 radical (unpaired) electrons. The van der Waals surface area contributed by atoms with E-state index in [1.807, 2.05) is 24.3 Å². The Kier molecular flexibility index (Phi) is 2.20. The highest BCUT2D eigenvalue weighted by molar-refractivity contribution is 7.19. The Morgan fingerprint density at radius 1 is 1.31 bits per heavy atom. The molecule has 0 saturated carbocycles. The fraction of sp³-hybridized carbons (Fsp3) is 0. The van der Waals surface area contributed by atoms with Crippen LogP contribution in [0.25, 0.3) is 10.4 Å². The number of aromatic nitrogens is 1. The third kappa shape index (κ3) is 1.66. The molecule has 2 aromatic heterocycles. The van der Waals surface area contributed by atoms with E-state index in [1.165, 1.54) is 11.3 Å². The summed E-state index contributed by atoms with van der Waals surface area (Å²) in [5, 5.41) is 0. The zero-order chi connectivity index (χ0) is 9.26. The summed E-state index contributed by atoms with van der Waals surface area (Å²) >= 11 is 7.32. The van der Waals surface area contributed by atoms with Crippen LogP contribution in [0.15, 0.2) is 30.5 Å². The molecule has 0 spiro atoms. The molecule has 0 atom stereocenters. The number of hydrogen-bond donors (Lipinski definition) is 1. The third-order valence-corrected chi connectivity index (χ3v) is 2.94. The number of halogens is 1. The van der Waals surface area contributed by atoms with Crippen LogP contribution in [0.5, 0.6) is 0 Å². The lowest BCUT2D eigenvalue weighted by Gasteiger charge is -1.99. The van der Waals surface area contributed by atoms with Crippen molar-refractivity contribution in [1.82, 2.24) is 4.98 Å². The first-order chi connectivity index (χ1) is 6.27. The summed E-state index contributed by atoms with van der Waals surface area (Å²) in [5.41, 5.74) is 6.66. The van der Waals surface area contributed by atoms with Gasteiger partial charge in [0.2, 0.25) is 0 Å². The average molecular weight is 211 g/mol. The van der Waals surface area contributed by atoms with Crippen molar-refractivity contribution in [2.24, 2.45) is 0 Å². The number of anilines is 1. The SMILES string of the molecule is Nc1ncccc1-c1ccc(Cl)s1. The van der Waals surface area contributed by atoms with Gasteiger partial charge < -0.3 is 5.73 Å². The summed E-state index contributed by atoms with van der Waals surface area (Å²) in [5.74, 6) is 0.543. The largest absolute Gasteiger partial charge is 0.383 e. The molecule has 0 aromatic carbocycles. The van der Waals surface area contributed by atoms with Crippen molar-refractivity contribution >= 4 is 28.8 Å². The van der Waals surface area contributed by atoms with Crippen molar-refractivity contribution in [3.05, 3.63) is 34.8 Å². The van der Waals surface area contributed by atoms with Gasteiger partial charge in [-0.25, -0.2) is 4.98 Å². The summed E-state index contributed by atoms with van der Waals surface area (Å²) in [6.45, 7) is 0. The Bertz CT molecular complexity index is 425. The first kappa shape index (κ1) is 8.53. The number of nitrogens with zero attached hydrogens (tertiary/aromatic N) is 1. The van der Waals surface area contributed by atoms with Gasteiger partial charge in [-0.1, -0.05) is 11.6 Å². The average Bonchev–Trinajstić information content (AvgIpc) is 2.53. The van der Waals surface area contributed by atoms with Crippen molar-refractivity contribution in [2.75, 3.05) is 5.73 Å². The topological polar surface area (TPSA) is 38.9 Å². The van der Waals surface area contributed by atoms with Gasteiger partial charge in [0.05, 0.1) is 4.34 Å². The highest BCUT2D eigenvalue weighted by Gasteiger charge is 2.04. The molecule has 0 fully saturated rings. The molecular weight excluding hydrogens is 204 g/mol. The van der Waals surface area contributed by atoms with E-state index >= 15 is 0 Å². The Labute approximate surface area is 85.0 Å². The van der Waals surface area contributed by atoms with Gasteiger partial charge in [-0.3, -0.25) is 0 Å². The van der Waals surface area contributed by atoms with Crippen LogP contribution in [0.2, 0.25) is 4.34 Å². The number of nitrogens with two attached hydrogens (primary N) is 1. The van der Waals surface area contributed by atoms with E-state index in [0.29, 0.717) is 5.82 Å². The first-order valence-corrected chi connectivity index (χ1v) is 4.93. The van der Waals surface area contributed by atoms with Crippen LogP contribution in [-0.4, -0.2) is 4.98 Å². The molecule has 0 aliphatic heterocycles. The molecule has 66 valence electrons. The van der Waals surface area contributed by atoms with Crippen LogP contribution in [0, 0.1) is 0 Å². The molecule has 2 heterocycles.